The van der Waals surface area contributed by atoms with Crippen LogP contribution in [0, 0.1) is 5.92 Å². The van der Waals surface area contributed by atoms with Crippen LogP contribution in [0.15, 0.2) is 29.2 Å². The van der Waals surface area contributed by atoms with Crippen LogP contribution in [0.25, 0.3) is 0 Å². The molecular weight excluding hydrogens is 286 g/mol. The Labute approximate surface area is 127 Å². The van der Waals surface area contributed by atoms with E-state index >= 15 is 0 Å². The molecule has 0 saturated carbocycles. The zero-order chi connectivity index (χ0) is 15.3. The Bertz CT molecular complexity index is 537. The molecule has 1 unspecified atom stereocenters. The van der Waals surface area contributed by atoms with Gasteiger partial charge in [-0.05, 0) is 63.2 Å². The highest BCUT2D eigenvalue weighted by molar-refractivity contribution is 7.89. The van der Waals surface area contributed by atoms with Gasteiger partial charge in [-0.25, -0.2) is 13.1 Å². The largest absolute Gasteiger partial charge is 0.385 e. The van der Waals surface area contributed by atoms with Crippen molar-refractivity contribution < 1.29 is 8.42 Å². The number of anilines is 1. The molecule has 0 bridgehead atoms. The van der Waals surface area contributed by atoms with Crippen LogP contribution in [0.5, 0.6) is 0 Å². The third-order valence-electron chi connectivity index (χ3n) is 3.86. The van der Waals surface area contributed by atoms with Crippen molar-refractivity contribution in [1.82, 2.24) is 9.62 Å². The fourth-order valence-electron chi connectivity index (χ4n) is 2.63. The number of sulfonamides is 1. The summed E-state index contributed by atoms with van der Waals surface area (Å²) in [6.07, 6.45) is 2.64. The lowest BCUT2D eigenvalue weighted by Crippen LogP contribution is -2.28. The molecule has 1 saturated heterocycles. The lowest BCUT2D eigenvalue weighted by Gasteiger charge is -2.20. The average molecular weight is 311 g/mol. The van der Waals surface area contributed by atoms with E-state index in [1.165, 1.54) is 33.0 Å². The molecule has 2 N–H and O–H groups in total. The van der Waals surface area contributed by atoms with E-state index in [9.17, 15) is 8.42 Å². The summed E-state index contributed by atoms with van der Waals surface area (Å²) in [6, 6.07) is 6.87. The summed E-state index contributed by atoms with van der Waals surface area (Å²) in [5.74, 6) is 0.573. The van der Waals surface area contributed by atoms with Gasteiger partial charge in [0.25, 0.3) is 0 Å². The summed E-state index contributed by atoms with van der Waals surface area (Å²) in [5, 5.41) is 3.37. The minimum absolute atomic E-state index is 0.292. The first-order chi connectivity index (χ1) is 10.0. The second kappa shape index (κ2) is 7.24. The van der Waals surface area contributed by atoms with Gasteiger partial charge in [-0.3, -0.25) is 0 Å². The van der Waals surface area contributed by atoms with Crippen LogP contribution in [0.3, 0.4) is 0 Å². The van der Waals surface area contributed by atoms with E-state index in [1.807, 2.05) is 12.1 Å². The third kappa shape index (κ3) is 4.69. The monoisotopic (exact) mass is 311 g/mol. The molecule has 5 nitrogen and oxygen atoms in total. The Kier molecular flexibility index (Phi) is 5.61. The first kappa shape index (κ1) is 16.3. The van der Waals surface area contributed by atoms with E-state index in [-0.39, 0.29) is 0 Å². The second-order valence-corrected chi connectivity index (χ2v) is 7.61. The summed E-state index contributed by atoms with van der Waals surface area (Å²) in [6.45, 7) is 6.71. The van der Waals surface area contributed by atoms with E-state index < -0.39 is 10.0 Å². The van der Waals surface area contributed by atoms with E-state index in [0.29, 0.717) is 10.8 Å². The van der Waals surface area contributed by atoms with Gasteiger partial charge in [-0.15, -0.1) is 0 Å². The summed E-state index contributed by atoms with van der Waals surface area (Å²) in [5.41, 5.74) is 0.957. The molecule has 0 aliphatic carbocycles. The first-order valence-corrected chi connectivity index (χ1v) is 8.99. The number of benzene rings is 1. The third-order valence-corrected chi connectivity index (χ3v) is 5.29. The van der Waals surface area contributed by atoms with Crippen LogP contribution in [-0.4, -0.2) is 46.5 Å². The predicted octanol–water partition coefficient (Wildman–Crippen LogP) is 1.74. The van der Waals surface area contributed by atoms with Gasteiger partial charge < -0.3 is 10.2 Å². The first-order valence-electron chi connectivity index (χ1n) is 7.51. The van der Waals surface area contributed by atoms with Crippen LogP contribution < -0.4 is 10.0 Å². The highest BCUT2D eigenvalue weighted by Crippen LogP contribution is 2.15. The standard InChI is InChI=1S/C15H25N3O2S/c1-13(12-18-9-3-4-10-18)11-17-14-5-7-15(8-6-14)21(19,20)16-2/h5-8,13,16-17H,3-4,9-12H2,1-2H3. The molecule has 1 atom stereocenters. The molecule has 0 spiro atoms. The molecule has 1 aliphatic heterocycles. The van der Waals surface area contributed by atoms with Gasteiger partial charge in [0.2, 0.25) is 10.0 Å². The van der Waals surface area contributed by atoms with Crippen molar-refractivity contribution in [3.8, 4) is 0 Å². The van der Waals surface area contributed by atoms with E-state index in [1.54, 1.807) is 12.1 Å². The Morgan fingerprint density at radius 2 is 1.81 bits per heavy atom. The molecule has 1 fully saturated rings. The van der Waals surface area contributed by atoms with Crippen molar-refractivity contribution >= 4 is 15.7 Å². The van der Waals surface area contributed by atoms with Gasteiger partial charge in [0.15, 0.2) is 0 Å². The number of likely N-dealkylation sites (tertiary alicyclic amines) is 1. The van der Waals surface area contributed by atoms with E-state index in [2.05, 4.69) is 21.9 Å². The van der Waals surface area contributed by atoms with Gasteiger partial charge in [-0.2, -0.15) is 0 Å². The zero-order valence-electron chi connectivity index (χ0n) is 12.8. The van der Waals surface area contributed by atoms with Gasteiger partial charge >= 0.3 is 0 Å². The number of hydrogen-bond acceptors (Lipinski definition) is 4. The molecule has 0 amide bonds. The Morgan fingerprint density at radius 3 is 2.38 bits per heavy atom. The molecular formula is C15H25N3O2S. The Hall–Kier alpha value is -1.11. The molecule has 1 aromatic carbocycles. The Morgan fingerprint density at radius 1 is 1.19 bits per heavy atom. The van der Waals surface area contributed by atoms with Crippen LogP contribution in [0.2, 0.25) is 0 Å². The van der Waals surface area contributed by atoms with Crippen molar-refractivity contribution in [2.45, 2.75) is 24.7 Å². The summed E-state index contributed by atoms with van der Waals surface area (Å²) in [7, 11) is -1.93. The highest BCUT2D eigenvalue weighted by Gasteiger charge is 2.14. The van der Waals surface area contributed by atoms with Crippen LogP contribution in [0.4, 0.5) is 5.69 Å². The van der Waals surface area contributed by atoms with Crippen molar-refractivity contribution in [3.05, 3.63) is 24.3 Å². The fourth-order valence-corrected chi connectivity index (χ4v) is 3.36. The number of rotatable bonds is 7. The second-order valence-electron chi connectivity index (χ2n) is 5.73. The average Bonchev–Trinajstić information content (AvgIpc) is 2.98. The SMILES string of the molecule is CNS(=O)(=O)c1ccc(NCC(C)CN2CCCC2)cc1. The number of nitrogens with one attached hydrogen (secondary N) is 2. The maximum atomic E-state index is 11.6. The fraction of sp³-hybridized carbons (Fsp3) is 0.600. The predicted molar refractivity (Wildman–Crippen MR) is 86.0 cm³/mol. The molecule has 2 rings (SSSR count). The minimum Gasteiger partial charge on any atom is -0.385 e. The zero-order valence-corrected chi connectivity index (χ0v) is 13.6. The topological polar surface area (TPSA) is 61.4 Å². The normalized spacial score (nSPS) is 17.8. The summed E-state index contributed by atoms with van der Waals surface area (Å²) < 4.78 is 25.6. The maximum Gasteiger partial charge on any atom is 0.240 e. The quantitative estimate of drug-likeness (QED) is 0.805. The van der Waals surface area contributed by atoms with Gasteiger partial charge in [0.05, 0.1) is 4.90 Å². The lowest BCUT2D eigenvalue weighted by atomic mass is 10.1. The van der Waals surface area contributed by atoms with Crippen LogP contribution in [0.1, 0.15) is 19.8 Å². The van der Waals surface area contributed by atoms with Crippen molar-refractivity contribution in [3.63, 3.8) is 0 Å². The van der Waals surface area contributed by atoms with Crippen LogP contribution in [-0.2, 0) is 10.0 Å². The van der Waals surface area contributed by atoms with Crippen molar-refractivity contribution in [2.24, 2.45) is 5.92 Å². The summed E-state index contributed by atoms with van der Waals surface area (Å²) in [4.78, 5) is 2.80. The highest BCUT2D eigenvalue weighted by atomic mass is 32.2. The Balaban J connectivity index is 1.83. The van der Waals surface area contributed by atoms with Gasteiger partial charge in [0, 0.05) is 18.8 Å². The van der Waals surface area contributed by atoms with Crippen molar-refractivity contribution in [2.75, 3.05) is 38.5 Å². The van der Waals surface area contributed by atoms with E-state index in [4.69, 9.17) is 0 Å². The molecule has 1 heterocycles. The molecule has 0 radical (unpaired) electrons. The van der Waals surface area contributed by atoms with E-state index in [0.717, 1.165) is 18.8 Å². The minimum atomic E-state index is -3.35. The van der Waals surface area contributed by atoms with Gasteiger partial charge in [-0.1, -0.05) is 6.92 Å². The molecule has 6 heteroatoms. The number of nitrogens with zero attached hydrogens (tertiary/aromatic N) is 1. The molecule has 118 valence electrons. The van der Waals surface area contributed by atoms with Crippen LogP contribution >= 0.6 is 0 Å². The molecule has 1 aromatic rings. The molecule has 21 heavy (non-hydrogen) atoms. The summed E-state index contributed by atoms with van der Waals surface area (Å²) >= 11 is 0. The van der Waals surface area contributed by atoms with Gasteiger partial charge in [0.1, 0.15) is 0 Å². The van der Waals surface area contributed by atoms with Crippen molar-refractivity contribution in [1.29, 1.82) is 0 Å². The maximum absolute atomic E-state index is 11.6. The number of hydrogen-bond donors (Lipinski definition) is 2. The molecule has 0 aromatic heterocycles. The lowest BCUT2D eigenvalue weighted by molar-refractivity contribution is 0.294. The molecule has 1 aliphatic rings. The smallest absolute Gasteiger partial charge is 0.240 e.